The van der Waals surface area contributed by atoms with E-state index >= 15 is 0 Å². The molecule has 1 heterocycles. The standard InChI is InChI=1S/C24H33N3O4/c1-17-8-9-20(18(2)14-17)23(24(25)29)27-12-10-26(11-13-27)15-19(28)16-31-22-7-5-4-6-21(22)30-3/h4-9,14,19,23,28H,10-13,15-16H2,1-3H3,(H2,25,29). The maximum Gasteiger partial charge on any atom is 0.239 e. The summed E-state index contributed by atoms with van der Waals surface area (Å²) in [4.78, 5) is 16.6. The number of aliphatic hydroxyl groups is 1. The maximum absolute atomic E-state index is 12.3. The number of carbonyl (C=O) groups excluding carboxylic acids is 1. The predicted octanol–water partition coefficient (Wildman–Crippen LogP) is 1.90. The molecule has 0 saturated carbocycles. The number of primary amides is 1. The number of rotatable bonds is 9. The summed E-state index contributed by atoms with van der Waals surface area (Å²) in [7, 11) is 1.59. The van der Waals surface area contributed by atoms with Gasteiger partial charge in [-0.2, -0.15) is 0 Å². The zero-order valence-electron chi connectivity index (χ0n) is 18.6. The molecule has 31 heavy (non-hydrogen) atoms. The highest BCUT2D eigenvalue weighted by molar-refractivity contribution is 5.82. The van der Waals surface area contributed by atoms with E-state index in [-0.39, 0.29) is 12.5 Å². The minimum atomic E-state index is -0.622. The smallest absolute Gasteiger partial charge is 0.239 e. The second-order valence-corrected chi connectivity index (χ2v) is 8.12. The average molecular weight is 428 g/mol. The molecule has 2 atom stereocenters. The van der Waals surface area contributed by atoms with E-state index in [9.17, 15) is 9.90 Å². The lowest BCUT2D eigenvalue weighted by molar-refractivity contribution is -0.124. The van der Waals surface area contributed by atoms with E-state index in [1.807, 2.05) is 50.2 Å². The third-order valence-electron chi connectivity index (χ3n) is 5.73. The Balaban J connectivity index is 1.52. The number of piperazine rings is 1. The number of hydrogen-bond acceptors (Lipinski definition) is 6. The fourth-order valence-electron chi connectivity index (χ4n) is 4.14. The molecule has 0 bridgehead atoms. The number of aliphatic hydroxyl groups excluding tert-OH is 1. The molecule has 2 unspecified atom stereocenters. The first-order valence-electron chi connectivity index (χ1n) is 10.7. The van der Waals surface area contributed by atoms with E-state index < -0.39 is 12.1 Å². The van der Waals surface area contributed by atoms with Crippen molar-refractivity contribution in [2.75, 3.05) is 46.4 Å². The molecule has 168 valence electrons. The Bertz CT molecular complexity index is 881. The highest BCUT2D eigenvalue weighted by Crippen LogP contribution is 2.27. The topological polar surface area (TPSA) is 88.3 Å². The Morgan fingerprint density at radius 2 is 1.77 bits per heavy atom. The molecule has 1 amide bonds. The number of aryl methyl sites for hydroxylation is 2. The van der Waals surface area contributed by atoms with Gasteiger partial charge >= 0.3 is 0 Å². The van der Waals surface area contributed by atoms with Crippen molar-refractivity contribution in [3.8, 4) is 11.5 Å². The molecule has 1 aliphatic rings. The van der Waals surface area contributed by atoms with Gasteiger partial charge in [-0.3, -0.25) is 14.6 Å². The number of para-hydroxylation sites is 2. The second-order valence-electron chi connectivity index (χ2n) is 8.12. The first kappa shape index (κ1) is 23.1. The van der Waals surface area contributed by atoms with Crippen molar-refractivity contribution in [1.29, 1.82) is 0 Å². The lowest BCUT2D eigenvalue weighted by atomic mass is 9.97. The zero-order valence-corrected chi connectivity index (χ0v) is 18.6. The van der Waals surface area contributed by atoms with Gasteiger partial charge in [0.05, 0.1) is 7.11 Å². The molecule has 2 aromatic carbocycles. The molecule has 3 rings (SSSR count). The van der Waals surface area contributed by atoms with Gasteiger partial charge in [0.1, 0.15) is 18.8 Å². The van der Waals surface area contributed by atoms with Crippen molar-refractivity contribution in [3.05, 3.63) is 59.2 Å². The molecule has 1 fully saturated rings. The van der Waals surface area contributed by atoms with Crippen LogP contribution in [0.2, 0.25) is 0 Å². The van der Waals surface area contributed by atoms with Crippen LogP contribution in [0, 0.1) is 13.8 Å². The van der Waals surface area contributed by atoms with Crippen LogP contribution >= 0.6 is 0 Å². The Kier molecular flexibility index (Phi) is 7.90. The lowest BCUT2D eigenvalue weighted by Gasteiger charge is -2.39. The minimum absolute atomic E-state index is 0.188. The van der Waals surface area contributed by atoms with Crippen LogP contribution in [0.25, 0.3) is 0 Å². The van der Waals surface area contributed by atoms with Crippen molar-refractivity contribution < 1.29 is 19.4 Å². The number of nitrogens with two attached hydrogens (primary N) is 1. The van der Waals surface area contributed by atoms with Gasteiger partial charge in [0.25, 0.3) is 0 Å². The zero-order chi connectivity index (χ0) is 22.4. The van der Waals surface area contributed by atoms with Crippen molar-refractivity contribution in [1.82, 2.24) is 9.80 Å². The number of β-amino-alcohol motifs (C(OH)–C–C–N with tert-alkyl or cyclic N) is 1. The number of methoxy groups -OCH3 is 1. The van der Waals surface area contributed by atoms with E-state index in [0.29, 0.717) is 31.1 Å². The highest BCUT2D eigenvalue weighted by Gasteiger charge is 2.30. The first-order chi connectivity index (χ1) is 14.9. The summed E-state index contributed by atoms with van der Waals surface area (Å²) in [5.74, 6) is 0.935. The second kappa shape index (κ2) is 10.6. The molecule has 2 aromatic rings. The summed E-state index contributed by atoms with van der Waals surface area (Å²) in [6.07, 6.45) is -0.622. The van der Waals surface area contributed by atoms with E-state index in [1.54, 1.807) is 7.11 Å². The van der Waals surface area contributed by atoms with Crippen LogP contribution in [-0.4, -0.2) is 73.4 Å². The van der Waals surface area contributed by atoms with E-state index in [2.05, 4.69) is 15.9 Å². The molecule has 0 aliphatic carbocycles. The van der Waals surface area contributed by atoms with Crippen LogP contribution < -0.4 is 15.2 Å². The molecule has 0 radical (unpaired) electrons. The SMILES string of the molecule is COc1ccccc1OCC(O)CN1CCN(C(C(N)=O)c2ccc(C)cc2C)CC1. The molecule has 7 heteroatoms. The summed E-state index contributed by atoms with van der Waals surface area (Å²) < 4.78 is 11.0. The number of nitrogens with zero attached hydrogens (tertiary/aromatic N) is 2. The van der Waals surface area contributed by atoms with Gasteiger partial charge in [-0.05, 0) is 37.1 Å². The van der Waals surface area contributed by atoms with Crippen LogP contribution in [0.1, 0.15) is 22.7 Å². The number of ether oxygens (including phenoxy) is 2. The minimum Gasteiger partial charge on any atom is -0.493 e. The number of benzene rings is 2. The van der Waals surface area contributed by atoms with Crippen molar-refractivity contribution in [3.63, 3.8) is 0 Å². The van der Waals surface area contributed by atoms with Crippen molar-refractivity contribution in [2.24, 2.45) is 5.73 Å². The van der Waals surface area contributed by atoms with Crippen molar-refractivity contribution >= 4 is 5.91 Å². The van der Waals surface area contributed by atoms with Gasteiger partial charge in [-0.15, -0.1) is 0 Å². The van der Waals surface area contributed by atoms with Crippen LogP contribution in [0.5, 0.6) is 11.5 Å². The van der Waals surface area contributed by atoms with Gasteiger partial charge in [0.15, 0.2) is 11.5 Å². The largest absolute Gasteiger partial charge is 0.493 e. The Morgan fingerprint density at radius 3 is 2.39 bits per heavy atom. The monoisotopic (exact) mass is 427 g/mol. The van der Waals surface area contributed by atoms with E-state index in [1.165, 1.54) is 5.56 Å². The first-order valence-corrected chi connectivity index (χ1v) is 10.7. The number of amides is 1. The van der Waals surface area contributed by atoms with Crippen LogP contribution in [-0.2, 0) is 4.79 Å². The van der Waals surface area contributed by atoms with Crippen LogP contribution in [0.15, 0.2) is 42.5 Å². The fraction of sp³-hybridized carbons (Fsp3) is 0.458. The molecule has 0 spiro atoms. The summed E-state index contributed by atoms with van der Waals surface area (Å²) >= 11 is 0. The number of hydrogen-bond donors (Lipinski definition) is 2. The third-order valence-corrected chi connectivity index (χ3v) is 5.73. The molecule has 7 nitrogen and oxygen atoms in total. The van der Waals surface area contributed by atoms with Gasteiger partial charge in [-0.1, -0.05) is 35.9 Å². The Morgan fingerprint density at radius 1 is 1.10 bits per heavy atom. The quantitative estimate of drug-likeness (QED) is 0.636. The average Bonchev–Trinajstić information content (AvgIpc) is 2.75. The Labute approximate surface area is 184 Å². The molecule has 3 N–H and O–H groups in total. The molecular weight excluding hydrogens is 394 g/mol. The third kappa shape index (κ3) is 5.97. The highest BCUT2D eigenvalue weighted by atomic mass is 16.5. The maximum atomic E-state index is 12.3. The summed E-state index contributed by atoms with van der Waals surface area (Å²) in [5.41, 5.74) is 8.99. The number of carbonyl (C=O) groups is 1. The van der Waals surface area contributed by atoms with Gasteiger partial charge < -0.3 is 20.3 Å². The summed E-state index contributed by atoms with van der Waals surface area (Å²) in [6.45, 7) is 7.67. The molecule has 1 saturated heterocycles. The van der Waals surface area contributed by atoms with Crippen LogP contribution in [0.3, 0.4) is 0 Å². The Hall–Kier alpha value is -2.61. The summed E-state index contributed by atoms with van der Waals surface area (Å²) in [5, 5.41) is 10.4. The molecule has 1 aliphatic heterocycles. The molecular formula is C24H33N3O4. The summed E-state index contributed by atoms with van der Waals surface area (Å²) in [6, 6.07) is 13.1. The van der Waals surface area contributed by atoms with Crippen LogP contribution in [0.4, 0.5) is 0 Å². The normalized spacial score (nSPS) is 17.2. The van der Waals surface area contributed by atoms with E-state index in [4.69, 9.17) is 15.2 Å². The van der Waals surface area contributed by atoms with E-state index in [0.717, 1.165) is 24.2 Å². The predicted molar refractivity (Wildman–Crippen MR) is 120 cm³/mol. The van der Waals surface area contributed by atoms with Gasteiger partial charge in [0, 0.05) is 32.7 Å². The molecule has 0 aromatic heterocycles. The van der Waals surface area contributed by atoms with Gasteiger partial charge in [0.2, 0.25) is 5.91 Å². The van der Waals surface area contributed by atoms with Crippen molar-refractivity contribution in [2.45, 2.75) is 26.0 Å². The lowest BCUT2D eigenvalue weighted by Crippen LogP contribution is -2.52. The fourth-order valence-corrected chi connectivity index (χ4v) is 4.14. The van der Waals surface area contributed by atoms with Gasteiger partial charge in [-0.25, -0.2) is 0 Å².